The van der Waals surface area contributed by atoms with Crippen molar-refractivity contribution in [3.63, 3.8) is 0 Å². The quantitative estimate of drug-likeness (QED) is 0.786. The maximum Gasteiger partial charge on any atom is 0.417 e. The lowest BCUT2D eigenvalue weighted by atomic mass is 9.81. The number of halogens is 3. The molecule has 2 aliphatic rings. The van der Waals surface area contributed by atoms with Gasteiger partial charge in [-0.3, -0.25) is 0 Å². The summed E-state index contributed by atoms with van der Waals surface area (Å²) < 4.78 is 38.4. The van der Waals surface area contributed by atoms with Crippen LogP contribution in [0.15, 0.2) is 24.3 Å². The van der Waals surface area contributed by atoms with E-state index in [4.69, 9.17) is 0 Å². The van der Waals surface area contributed by atoms with Gasteiger partial charge in [0.2, 0.25) is 0 Å². The molecule has 0 aliphatic heterocycles. The topological polar surface area (TPSA) is 52.5 Å². The predicted octanol–water partition coefficient (Wildman–Crippen LogP) is 2.47. The fourth-order valence-electron chi connectivity index (χ4n) is 3.57. The number of fused-ring (bicyclic) bond motifs is 1. The molecule has 0 unspecified atom stereocenters. The first-order chi connectivity index (χ1) is 10.3. The van der Waals surface area contributed by atoms with Crippen LogP contribution >= 0.6 is 0 Å². The van der Waals surface area contributed by atoms with Crippen LogP contribution in [-0.4, -0.2) is 34.1 Å². The number of alkyl halides is 3. The number of nitrogens with one attached hydrogen (secondary N) is 1. The second-order valence-corrected chi connectivity index (χ2v) is 6.42. The Morgan fingerprint density at radius 3 is 2.41 bits per heavy atom. The molecule has 0 bridgehead atoms. The van der Waals surface area contributed by atoms with Gasteiger partial charge in [-0.05, 0) is 36.8 Å². The minimum Gasteiger partial charge on any atom is -0.391 e. The molecule has 1 saturated carbocycles. The number of hydrogen-bond acceptors (Lipinski definition) is 3. The zero-order chi connectivity index (χ0) is 16.0. The zero-order valence-electron chi connectivity index (χ0n) is 12.1. The van der Waals surface area contributed by atoms with Crippen molar-refractivity contribution in [1.29, 1.82) is 0 Å². The summed E-state index contributed by atoms with van der Waals surface area (Å²) in [5.41, 5.74) is -0.459. The van der Waals surface area contributed by atoms with Gasteiger partial charge in [0.1, 0.15) is 0 Å². The summed E-state index contributed by atoms with van der Waals surface area (Å²) in [6.45, 7) is 0. The lowest BCUT2D eigenvalue weighted by molar-refractivity contribution is -0.270. The summed E-state index contributed by atoms with van der Waals surface area (Å²) >= 11 is 0. The second kappa shape index (κ2) is 5.51. The maximum atomic E-state index is 12.8. The first kappa shape index (κ1) is 15.8. The molecular formula is C16H20F3NO2. The molecule has 1 fully saturated rings. The number of aliphatic hydroxyl groups is 2. The summed E-state index contributed by atoms with van der Waals surface area (Å²) in [7, 11) is 0. The molecule has 0 amide bonds. The van der Waals surface area contributed by atoms with Crippen LogP contribution in [0, 0.1) is 0 Å². The SMILES string of the molecule is O[C@H]1Cc2ccccc2[C@H]1NC1CCC(O)(C(F)(F)F)CC1. The van der Waals surface area contributed by atoms with Crippen molar-refractivity contribution in [3.8, 4) is 0 Å². The van der Waals surface area contributed by atoms with Crippen LogP contribution in [0.5, 0.6) is 0 Å². The summed E-state index contributed by atoms with van der Waals surface area (Å²) in [6, 6.07) is 7.36. The largest absolute Gasteiger partial charge is 0.417 e. The lowest BCUT2D eigenvalue weighted by Crippen LogP contribution is -2.51. The van der Waals surface area contributed by atoms with E-state index in [1.807, 2.05) is 24.3 Å². The van der Waals surface area contributed by atoms with Gasteiger partial charge in [0, 0.05) is 12.5 Å². The van der Waals surface area contributed by atoms with Crippen molar-refractivity contribution < 1.29 is 23.4 Å². The van der Waals surface area contributed by atoms with Crippen LogP contribution in [0.3, 0.4) is 0 Å². The summed E-state index contributed by atoms with van der Waals surface area (Å²) in [4.78, 5) is 0. The number of hydrogen-bond donors (Lipinski definition) is 3. The van der Waals surface area contributed by atoms with Gasteiger partial charge in [0.05, 0.1) is 12.1 Å². The van der Waals surface area contributed by atoms with Crippen molar-refractivity contribution >= 4 is 0 Å². The highest BCUT2D eigenvalue weighted by Gasteiger charge is 2.54. The molecule has 3 N–H and O–H groups in total. The third kappa shape index (κ3) is 2.75. The van der Waals surface area contributed by atoms with Gasteiger partial charge >= 0.3 is 6.18 Å². The molecule has 122 valence electrons. The van der Waals surface area contributed by atoms with E-state index in [0.29, 0.717) is 6.42 Å². The first-order valence-electron chi connectivity index (χ1n) is 7.61. The Balaban J connectivity index is 1.64. The Bertz CT molecular complexity index is 538. The Morgan fingerprint density at radius 2 is 1.77 bits per heavy atom. The average molecular weight is 315 g/mol. The van der Waals surface area contributed by atoms with Crippen molar-refractivity contribution in [2.24, 2.45) is 0 Å². The standard InChI is InChI=1S/C16H20F3NO2/c17-16(18,19)15(22)7-5-11(6-8-15)20-14-12-4-2-1-3-10(12)9-13(14)21/h1-4,11,13-14,20-22H,5-9H2/t11?,13-,14+,15?/m0/s1. The van der Waals surface area contributed by atoms with Crippen LogP contribution in [-0.2, 0) is 6.42 Å². The minimum absolute atomic E-state index is 0.117. The molecule has 0 aromatic heterocycles. The molecule has 1 aromatic rings. The fourth-order valence-corrected chi connectivity index (χ4v) is 3.57. The molecule has 2 aliphatic carbocycles. The minimum atomic E-state index is -4.57. The maximum absolute atomic E-state index is 12.8. The Labute approximate surface area is 127 Å². The summed E-state index contributed by atoms with van der Waals surface area (Å²) in [6.07, 6.45) is -4.65. The Morgan fingerprint density at radius 1 is 1.14 bits per heavy atom. The van der Waals surface area contributed by atoms with Crippen molar-refractivity contribution in [3.05, 3.63) is 35.4 Å². The van der Waals surface area contributed by atoms with Gasteiger partial charge in [-0.15, -0.1) is 0 Å². The van der Waals surface area contributed by atoms with Gasteiger partial charge in [-0.2, -0.15) is 13.2 Å². The first-order valence-corrected chi connectivity index (χ1v) is 7.61. The predicted molar refractivity (Wildman–Crippen MR) is 75.3 cm³/mol. The van der Waals surface area contributed by atoms with Crippen LogP contribution in [0.2, 0.25) is 0 Å². The van der Waals surface area contributed by atoms with E-state index < -0.39 is 17.9 Å². The highest BCUT2D eigenvalue weighted by atomic mass is 19.4. The number of aliphatic hydroxyl groups excluding tert-OH is 1. The van der Waals surface area contributed by atoms with Gasteiger partial charge in [-0.25, -0.2) is 0 Å². The molecule has 3 rings (SSSR count). The highest BCUT2D eigenvalue weighted by molar-refractivity contribution is 5.36. The molecule has 1 aromatic carbocycles. The molecule has 0 radical (unpaired) electrons. The van der Waals surface area contributed by atoms with Gasteiger partial charge in [0.15, 0.2) is 5.60 Å². The fraction of sp³-hybridized carbons (Fsp3) is 0.625. The molecular weight excluding hydrogens is 295 g/mol. The van der Waals surface area contributed by atoms with E-state index in [9.17, 15) is 23.4 Å². The van der Waals surface area contributed by atoms with E-state index in [2.05, 4.69) is 5.32 Å². The summed E-state index contributed by atoms with van der Waals surface area (Å²) in [5.74, 6) is 0. The van der Waals surface area contributed by atoms with Crippen molar-refractivity contribution in [2.75, 3.05) is 0 Å². The smallest absolute Gasteiger partial charge is 0.391 e. The van der Waals surface area contributed by atoms with Gasteiger partial charge in [-0.1, -0.05) is 24.3 Å². The van der Waals surface area contributed by atoms with Crippen LogP contribution in [0.25, 0.3) is 0 Å². The molecule has 0 saturated heterocycles. The van der Waals surface area contributed by atoms with Crippen LogP contribution in [0.4, 0.5) is 13.2 Å². The van der Waals surface area contributed by atoms with E-state index in [0.717, 1.165) is 11.1 Å². The third-order valence-corrected chi connectivity index (χ3v) is 4.96. The van der Waals surface area contributed by atoms with E-state index >= 15 is 0 Å². The number of rotatable bonds is 2. The normalized spacial score (nSPS) is 35.4. The van der Waals surface area contributed by atoms with E-state index in [1.54, 1.807) is 0 Å². The number of benzene rings is 1. The lowest BCUT2D eigenvalue weighted by Gasteiger charge is -2.38. The van der Waals surface area contributed by atoms with E-state index in [-0.39, 0.29) is 37.8 Å². The second-order valence-electron chi connectivity index (χ2n) is 6.42. The van der Waals surface area contributed by atoms with Crippen molar-refractivity contribution in [2.45, 2.75) is 62.1 Å². The monoisotopic (exact) mass is 315 g/mol. The van der Waals surface area contributed by atoms with Gasteiger partial charge in [0.25, 0.3) is 0 Å². The van der Waals surface area contributed by atoms with Crippen molar-refractivity contribution in [1.82, 2.24) is 5.32 Å². The molecule has 22 heavy (non-hydrogen) atoms. The molecule has 2 atom stereocenters. The molecule has 6 heteroatoms. The van der Waals surface area contributed by atoms with Gasteiger partial charge < -0.3 is 15.5 Å². The Hall–Kier alpha value is -1.11. The van der Waals surface area contributed by atoms with Crippen LogP contribution in [0.1, 0.15) is 42.9 Å². The molecule has 3 nitrogen and oxygen atoms in total. The summed E-state index contributed by atoms with van der Waals surface area (Å²) in [5, 5.41) is 23.2. The van der Waals surface area contributed by atoms with Crippen LogP contribution < -0.4 is 5.32 Å². The highest BCUT2D eigenvalue weighted by Crippen LogP contribution is 2.42. The average Bonchev–Trinajstić information content (AvgIpc) is 2.77. The zero-order valence-corrected chi connectivity index (χ0v) is 12.1. The van der Waals surface area contributed by atoms with E-state index in [1.165, 1.54) is 0 Å². The molecule has 0 spiro atoms. The Kier molecular flexibility index (Phi) is 3.95. The molecule has 0 heterocycles. The third-order valence-electron chi connectivity index (χ3n) is 4.96.